The number of carbonyl (C=O) groups is 2. The Balaban J connectivity index is 2.24. The molecule has 0 saturated heterocycles. The number of carboxylic acids is 1. The van der Waals surface area contributed by atoms with Crippen molar-refractivity contribution in [3.8, 4) is 5.75 Å². The molecule has 4 N–H and O–H groups in total. The van der Waals surface area contributed by atoms with E-state index in [0.717, 1.165) is 31.0 Å². The third-order valence-electron chi connectivity index (χ3n) is 3.94. The smallest absolute Gasteiger partial charge is 0.307 e. The number of hydrogen-bond donors (Lipinski definition) is 4. The van der Waals surface area contributed by atoms with E-state index < -0.39 is 38.7 Å². The molecule has 9 heteroatoms. The van der Waals surface area contributed by atoms with E-state index in [0.29, 0.717) is 12.8 Å². The average molecular weight is 343 g/mol. The molecule has 1 saturated carbocycles. The van der Waals surface area contributed by atoms with Crippen LogP contribution in [0.3, 0.4) is 0 Å². The monoisotopic (exact) mass is 343 g/mol. The Bertz CT molecular complexity index is 729. The Labute approximate surface area is 132 Å². The molecular formula is C14H17NO7S. The van der Waals surface area contributed by atoms with Crippen LogP contribution >= 0.6 is 0 Å². The zero-order valence-corrected chi connectivity index (χ0v) is 12.9. The second kappa shape index (κ2) is 6.55. The van der Waals surface area contributed by atoms with Gasteiger partial charge in [-0.3, -0.25) is 14.1 Å². The van der Waals surface area contributed by atoms with Crippen LogP contribution < -0.4 is 5.32 Å². The van der Waals surface area contributed by atoms with Crippen molar-refractivity contribution in [3.63, 3.8) is 0 Å². The lowest BCUT2D eigenvalue weighted by atomic mass is 9.78. The van der Waals surface area contributed by atoms with Gasteiger partial charge in [0.1, 0.15) is 5.75 Å². The Morgan fingerprint density at radius 3 is 2.30 bits per heavy atom. The highest BCUT2D eigenvalue weighted by molar-refractivity contribution is 7.85. The molecule has 1 amide bonds. The molecule has 0 aliphatic heterocycles. The number of carbonyl (C=O) groups excluding carboxylic acids is 1. The van der Waals surface area contributed by atoms with Gasteiger partial charge in [-0.1, -0.05) is 12.8 Å². The highest BCUT2D eigenvalue weighted by Gasteiger charge is 2.36. The third kappa shape index (κ3) is 3.99. The normalized spacial score (nSPS) is 21.6. The van der Waals surface area contributed by atoms with Crippen molar-refractivity contribution in [1.29, 1.82) is 0 Å². The molecule has 1 aliphatic rings. The van der Waals surface area contributed by atoms with Gasteiger partial charge in [0.25, 0.3) is 10.1 Å². The summed E-state index contributed by atoms with van der Waals surface area (Å²) in [7, 11) is -4.48. The van der Waals surface area contributed by atoms with E-state index in [-0.39, 0.29) is 11.4 Å². The number of anilines is 1. The molecule has 2 unspecified atom stereocenters. The number of hydrogen-bond acceptors (Lipinski definition) is 5. The first-order chi connectivity index (χ1) is 10.7. The minimum Gasteiger partial charge on any atom is -0.506 e. The van der Waals surface area contributed by atoms with Gasteiger partial charge in [0.2, 0.25) is 5.91 Å². The summed E-state index contributed by atoms with van der Waals surface area (Å²) < 4.78 is 31.2. The van der Waals surface area contributed by atoms with E-state index in [1.807, 2.05) is 0 Å². The lowest BCUT2D eigenvalue weighted by molar-refractivity contribution is -0.147. The molecule has 8 nitrogen and oxygen atoms in total. The fourth-order valence-corrected chi connectivity index (χ4v) is 3.25. The van der Waals surface area contributed by atoms with E-state index in [1.165, 1.54) is 0 Å². The number of phenolic OH excluding ortho intramolecular Hbond substituents is 1. The predicted molar refractivity (Wildman–Crippen MR) is 79.6 cm³/mol. The summed E-state index contributed by atoms with van der Waals surface area (Å²) in [4.78, 5) is 23.0. The first kappa shape index (κ1) is 17.2. The summed E-state index contributed by atoms with van der Waals surface area (Å²) in [5.41, 5.74) is -0.195. The van der Waals surface area contributed by atoms with E-state index in [1.54, 1.807) is 0 Å². The molecular weight excluding hydrogens is 326 g/mol. The first-order valence-corrected chi connectivity index (χ1v) is 8.48. The number of aliphatic carboxylic acids is 1. The molecule has 1 aliphatic carbocycles. The second-order valence-electron chi connectivity index (χ2n) is 5.48. The van der Waals surface area contributed by atoms with Crippen molar-refractivity contribution in [2.45, 2.75) is 30.6 Å². The summed E-state index contributed by atoms with van der Waals surface area (Å²) in [5.74, 6) is -3.60. The number of amides is 1. The Hall–Kier alpha value is -2.13. The van der Waals surface area contributed by atoms with Gasteiger partial charge < -0.3 is 15.5 Å². The van der Waals surface area contributed by atoms with E-state index in [2.05, 4.69) is 5.32 Å². The van der Waals surface area contributed by atoms with Crippen LogP contribution in [0.5, 0.6) is 5.75 Å². The molecule has 1 aromatic rings. The number of phenols is 1. The topological polar surface area (TPSA) is 141 Å². The zero-order valence-electron chi connectivity index (χ0n) is 12.1. The van der Waals surface area contributed by atoms with Gasteiger partial charge in [-0.25, -0.2) is 0 Å². The van der Waals surface area contributed by atoms with Crippen molar-refractivity contribution in [1.82, 2.24) is 0 Å². The summed E-state index contributed by atoms with van der Waals surface area (Å²) in [5, 5.41) is 21.3. The van der Waals surface area contributed by atoms with Gasteiger partial charge in [-0.2, -0.15) is 8.42 Å². The van der Waals surface area contributed by atoms with Gasteiger partial charge in [0, 0.05) is 0 Å². The molecule has 1 aromatic carbocycles. The Kier molecular flexibility index (Phi) is 4.90. The minimum absolute atomic E-state index is 0.195. The largest absolute Gasteiger partial charge is 0.506 e. The Morgan fingerprint density at radius 1 is 1.13 bits per heavy atom. The van der Waals surface area contributed by atoms with Crippen LogP contribution in [0.15, 0.2) is 23.1 Å². The van der Waals surface area contributed by atoms with Crippen molar-refractivity contribution >= 4 is 27.7 Å². The van der Waals surface area contributed by atoms with Crippen molar-refractivity contribution < 1.29 is 32.8 Å². The third-order valence-corrected chi connectivity index (χ3v) is 4.79. The lowest BCUT2D eigenvalue weighted by Gasteiger charge is -2.27. The maximum atomic E-state index is 12.3. The van der Waals surface area contributed by atoms with Crippen LogP contribution in [0.4, 0.5) is 5.69 Å². The van der Waals surface area contributed by atoms with Gasteiger partial charge in [0.05, 0.1) is 22.4 Å². The molecule has 0 radical (unpaired) electrons. The maximum Gasteiger partial charge on any atom is 0.307 e. The van der Waals surface area contributed by atoms with Crippen LogP contribution in [-0.2, 0) is 19.7 Å². The predicted octanol–water partition coefficient (Wildman–Crippen LogP) is 1.47. The van der Waals surface area contributed by atoms with E-state index in [9.17, 15) is 28.2 Å². The molecule has 0 heterocycles. The fourth-order valence-electron chi connectivity index (χ4n) is 2.74. The highest BCUT2D eigenvalue weighted by atomic mass is 32.2. The molecule has 126 valence electrons. The van der Waals surface area contributed by atoms with Gasteiger partial charge in [0.15, 0.2) is 0 Å². The molecule has 1 fully saturated rings. The molecule has 2 atom stereocenters. The number of nitrogens with one attached hydrogen (secondary N) is 1. The molecule has 0 spiro atoms. The van der Waals surface area contributed by atoms with Crippen LogP contribution in [0.2, 0.25) is 0 Å². The number of aromatic hydroxyl groups is 1. The van der Waals surface area contributed by atoms with Crippen LogP contribution in [-0.4, -0.2) is 35.1 Å². The highest BCUT2D eigenvalue weighted by Crippen LogP contribution is 2.33. The fraction of sp³-hybridized carbons (Fsp3) is 0.429. The van der Waals surface area contributed by atoms with E-state index in [4.69, 9.17) is 4.55 Å². The molecule has 23 heavy (non-hydrogen) atoms. The van der Waals surface area contributed by atoms with Crippen LogP contribution in [0.1, 0.15) is 25.7 Å². The lowest BCUT2D eigenvalue weighted by Crippen LogP contribution is -2.36. The SMILES string of the molecule is O=C(O)C1CCCCC1C(=O)Nc1cc(S(=O)(=O)O)ccc1O. The number of carboxylic acid groups (broad SMARTS) is 1. The van der Waals surface area contributed by atoms with Crippen molar-refractivity contribution in [3.05, 3.63) is 18.2 Å². The molecule has 0 bridgehead atoms. The first-order valence-electron chi connectivity index (χ1n) is 7.04. The standard InChI is InChI=1S/C14H17NO7S/c16-12-6-5-8(23(20,21)22)7-11(12)15-13(17)9-3-1-2-4-10(9)14(18)19/h5-7,9-10,16H,1-4H2,(H,15,17)(H,18,19)(H,20,21,22). The van der Waals surface area contributed by atoms with Gasteiger partial charge in [-0.05, 0) is 31.0 Å². The zero-order chi connectivity index (χ0) is 17.2. The van der Waals surface area contributed by atoms with Crippen molar-refractivity contribution in [2.75, 3.05) is 5.32 Å². The Morgan fingerprint density at radius 2 is 1.74 bits per heavy atom. The second-order valence-corrected chi connectivity index (χ2v) is 6.90. The average Bonchev–Trinajstić information content (AvgIpc) is 2.48. The minimum atomic E-state index is -4.48. The molecule has 2 rings (SSSR count). The summed E-state index contributed by atoms with van der Waals surface area (Å²) in [6, 6.07) is 2.93. The van der Waals surface area contributed by atoms with Crippen molar-refractivity contribution in [2.24, 2.45) is 11.8 Å². The van der Waals surface area contributed by atoms with Crippen LogP contribution in [0, 0.1) is 11.8 Å². The summed E-state index contributed by atoms with van der Waals surface area (Å²) in [6.45, 7) is 0. The van der Waals surface area contributed by atoms with Crippen LogP contribution in [0.25, 0.3) is 0 Å². The quantitative estimate of drug-likeness (QED) is 0.479. The van der Waals surface area contributed by atoms with E-state index >= 15 is 0 Å². The number of benzene rings is 1. The molecule has 0 aromatic heterocycles. The van der Waals surface area contributed by atoms with Gasteiger partial charge >= 0.3 is 5.97 Å². The maximum absolute atomic E-state index is 12.3. The summed E-state index contributed by atoms with van der Waals surface area (Å²) in [6.07, 6.45) is 2.25. The summed E-state index contributed by atoms with van der Waals surface area (Å²) >= 11 is 0. The van der Waals surface area contributed by atoms with Gasteiger partial charge in [-0.15, -0.1) is 0 Å². The number of rotatable bonds is 4.